The standard InChI is InChI=1S/C27H38N4O4/c1-18(2)25-29-27(35-30-25)31-14-12-20(13-15-31)17-34-24-10-8-22(9-11-24)21-4-6-23(7-5-21)26(33)28-19(3)16-32/h4,8-11,18-20,23,32H,5-7,12-17H2,1-3H3,(H,28,33). The molecule has 2 heterocycles. The van der Waals surface area contributed by atoms with Crippen molar-refractivity contribution in [3.63, 3.8) is 0 Å². The molecule has 2 aliphatic rings. The highest BCUT2D eigenvalue weighted by Crippen LogP contribution is 2.31. The van der Waals surface area contributed by atoms with Gasteiger partial charge in [-0.25, -0.2) is 0 Å². The van der Waals surface area contributed by atoms with Crippen molar-refractivity contribution < 1.29 is 19.2 Å². The molecule has 2 atom stereocenters. The van der Waals surface area contributed by atoms with E-state index in [0.717, 1.165) is 56.8 Å². The Labute approximate surface area is 207 Å². The van der Waals surface area contributed by atoms with Gasteiger partial charge in [-0.2, -0.15) is 4.98 Å². The van der Waals surface area contributed by atoms with Crippen LogP contribution in [0.3, 0.4) is 0 Å². The first-order chi connectivity index (χ1) is 16.9. The first-order valence-corrected chi connectivity index (χ1v) is 12.8. The molecule has 1 aliphatic heterocycles. The van der Waals surface area contributed by atoms with E-state index in [1.54, 1.807) is 0 Å². The number of amides is 1. The molecule has 1 aliphatic carbocycles. The zero-order valence-corrected chi connectivity index (χ0v) is 21.1. The lowest BCUT2D eigenvalue weighted by molar-refractivity contribution is -0.126. The van der Waals surface area contributed by atoms with Gasteiger partial charge in [0.25, 0.3) is 0 Å². The van der Waals surface area contributed by atoms with Crippen LogP contribution in [-0.2, 0) is 4.79 Å². The van der Waals surface area contributed by atoms with E-state index in [9.17, 15) is 4.79 Å². The van der Waals surface area contributed by atoms with Gasteiger partial charge in [0.05, 0.1) is 13.2 Å². The Morgan fingerprint density at radius 2 is 1.94 bits per heavy atom. The van der Waals surface area contributed by atoms with Gasteiger partial charge in [-0.05, 0) is 68.2 Å². The predicted molar refractivity (Wildman–Crippen MR) is 135 cm³/mol. The molecule has 1 fully saturated rings. The average Bonchev–Trinajstić information content (AvgIpc) is 3.39. The summed E-state index contributed by atoms with van der Waals surface area (Å²) in [5.74, 6) is 2.45. The highest BCUT2D eigenvalue weighted by atomic mass is 16.5. The molecule has 0 radical (unpaired) electrons. The SMILES string of the molecule is CC(CO)NC(=O)C1CC=C(c2ccc(OCC3CCN(c4nc(C(C)C)no4)CC3)cc2)CC1. The van der Waals surface area contributed by atoms with E-state index in [-0.39, 0.29) is 30.4 Å². The maximum Gasteiger partial charge on any atom is 0.324 e. The van der Waals surface area contributed by atoms with Crippen LogP contribution in [0.25, 0.3) is 5.57 Å². The third-order valence-electron chi connectivity index (χ3n) is 6.99. The summed E-state index contributed by atoms with van der Waals surface area (Å²) in [6.45, 7) is 8.42. The fraction of sp³-hybridized carbons (Fsp3) is 0.593. The van der Waals surface area contributed by atoms with Crippen molar-refractivity contribution in [3.8, 4) is 5.75 Å². The van der Waals surface area contributed by atoms with Crippen molar-refractivity contribution in [1.82, 2.24) is 15.5 Å². The molecule has 0 saturated carbocycles. The van der Waals surface area contributed by atoms with Crippen LogP contribution in [0.5, 0.6) is 5.75 Å². The van der Waals surface area contributed by atoms with Crippen molar-refractivity contribution >= 4 is 17.5 Å². The summed E-state index contributed by atoms with van der Waals surface area (Å²) in [7, 11) is 0. The van der Waals surface area contributed by atoms with Crippen LogP contribution < -0.4 is 15.0 Å². The van der Waals surface area contributed by atoms with Crippen molar-refractivity contribution in [1.29, 1.82) is 0 Å². The third kappa shape index (κ3) is 6.63. The quantitative estimate of drug-likeness (QED) is 0.553. The molecule has 1 amide bonds. The van der Waals surface area contributed by atoms with Gasteiger partial charge in [0.1, 0.15) is 5.75 Å². The number of ether oxygens (including phenoxy) is 1. The van der Waals surface area contributed by atoms with Gasteiger partial charge >= 0.3 is 6.01 Å². The minimum atomic E-state index is -0.198. The van der Waals surface area contributed by atoms with E-state index >= 15 is 0 Å². The van der Waals surface area contributed by atoms with E-state index < -0.39 is 0 Å². The Morgan fingerprint density at radius 3 is 2.54 bits per heavy atom. The monoisotopic (exact) mass is 482 g/mol. The van der Waals surface area contributed by atoms with Crippen LogP contribution in [-0.4, -0.2) is 53.5 Å². The Kier molecular flexibility index (Phi) is 8.44. The predicted octanol–water partition coefficient (Wildman–Crippen LogP) is 4.17. The normalized spacial score (nSPS) is 20.0. The zero-order valence-electron chi connectivity index (χ0n) is 21.1. The van der Waals surface area contributed by atoms with E-state index in [1.807, 2.05) is 19.1 Å². The summed E-state index contributed by atoms with van der Waals surface area (Å²) in [6.07, 6.45) is 6.69. The molecule has 1 aromatic heterocycles. The molecular formula is C27H38N4O4. The number of aliphatic hydroxyl groups excluding tert-OH is 1. The maximum atomic E-state index is 12.3. The van der Waals surface area contributed by atoms with Crippen LogP contribution in [0.4, 0.5) is 6.01 Å². The van der Waals surface area contributed by atoms with Crippen molar-refractivity contribution in [3.05, 3.63) is 41.7 Å². The number of piperidine rings is 1. The Balaban J connectivity index is 1.21. The first kappa shape index (κ1) is 25.2. The van der Waals surface area contributed by atoms with Crippen LogP contribution in [0.1, 0.15) is 70.2 Å². The maximum absolute atomic E-state index is 12.3. The lowest BCUT2D eigenvalue weighted by Gasteiger charge is -2.30. The van der Waals surface area contributed by atoms with Gasteiger partial charge in [0, 0.05) is 31.0 Å². The average molecular weight is 483 g/mol. The van der Waals surface area contributed by atoms with E-state index in [2.05, 4.69) is 52.4 Å². The van der Waals surface area contributed by atoms with Gasteiger partial charge in [-0.15, -0.1) is 0 Å². The lowest BCUT2D eigenvalue weighted by atomic mass is 9.86. The van der Waals surface area contributed by atoms with Crippen molar-refractivity contribution in [2.75, 3.05) is 31.2 Å². The molecule has 2 aromatic rings. The molecule has 4 rings (SSSR count). The zero-order chi connectivity index (χ0) is 24.8. The Hall–Kier alpha value is -2.87. The van der Waals surface area contributed by atoms with Crippen LogP contribution >= 0.6 is 0 Å². The van der Waals surface area contributed by atoms with Crippen LogP contribution in [0.15, 0.2) is 34.9 Å². The summed E-state index contributed by atoms with van der Waals surface area (Å²) in [5, 5.41) is 16.1. The summed E-state index contributed by atoms with van der Waals surface area (Å²) >= 11 is 0. The van der Waals surface area contributed by atoms with Crippen LogP contribution in [0, 0.1) is 11.8 Å². The number of nitrogens with zero attached hydrogens (tertiary/aromatic N) is 3. The second-order valence-corrected chi connectivity index (χ2v) is 10.1. The Morgan fingerprint density at radius 1 is 1.20 bits per heavy atom. The van der Waals surface area contributed by atoms with Crippen LogP contribution in [0.2, 0.25) is 0 Å². The molecule has 2 unspecified atom stereocenters. The molecule has 8 nitrogen and oxygen atoms in total. The highest BCUT2D eigenvalue weighted by Gasteiger charge is 2.25. The largest absolute Gasteiger partial charge is 0.493 e. The topological polar surface area (TPSA) is 101 Å². The number of aromatic nitrogens is 2. The minimum absolute atomic E-state index is 0.0149. The number of aliphatic hydroxyl groups is 1. The smallest absolute Gasteiger partial charge is 0.324 e. The number of rotatable bonds is 9. The first-order valence-electron chi connectivity index (χ1n) is 12.8. The lowest BCUT2D eigenvalue weighted by Crippen LogP contribution is -2.39. The number of carbonyl (C=O) groups is 1. The number of carbonyl (C=O) groups excluding carboxylic acids is 1. The van der Waals surface area contributed by atoms with E-state index in [0.29, 0.717) is 18.5 Å². The van der Waals surface area contributed by atoms with Crippen molar-refractivity contribution in [2.45, 2.75) is 64.8 Å². The summed E-state index contributed by atoms with van der Waals surface area (Å²) in [4.78, 5) is 19.0. The summed E-state index contributed by atoms with van der Waals surface area (Å²) in [5.41, 5.74) is 2.47. The molecule has 1 saturated heterocycles. The van der Waals surface area contributed by atoms with Gasteiger partial charge in [-0.3, -0.25) is 4.79 Å². The highest BCUT2D eigenvalue weighted by molar-refractivity contribution is 5.80. The number of hydrogen-bond acceptors (Lipinski definition) is 7. The van der Waals surface area contributed by atoms with E-state index in [4.69, 9.17) is 14.4 Å². The van der Waals surface area contributed by atoms with Crippen molar-refractivity contribution in [2.24, 2.45) is 11.8 Å². The van der Waals surface area contributed by atoms with Gasteiger partial charge in [0.2, 0.25) is 5.91 Å². The number of anilines is 1. The molecule has 8 heteroatoms. The molecule has 2 N–H and O–H groups in total. The number of allylic oxidation sites excluding steroid dienone is 2. The number of hydrogen-bond donors (Lipinski definition) is 2. The summed E-state index contributed by atoms with van der Waals surface area (Å²) in [6, 6.07) is 8.74. The number of benzene rings is 1. The molecule has 35 heavy (non-hydrogen) atoms. The van der Waals surface area contributed by atoms with Gasteiger partial charge in [0.15, 0.2) is 5.82 Å². The Bertz CT molecular complexity index is 993. The fourth-order valence-electron chi connectivity index (χ4n) is 4.60. The fourth-order valence-corrected chi connectivity index (χ4v) is 4.60. The summed E-state index contributed by atoms with van der Waals surface area (Å²) < 4.78 is 11.5. The molecular weight excluding hydrogens is 444 g/mol. The minimum Gasteiger partial charge on any atom is -0.493 e. The molecule has 0 bridgehead atoms. The molecule has 190 valence electrons. The third-order valence-corrected chi connectivity index (χ3v) is 6.99. The second-order valence-electron chi connectivity index (χ2n) is 10.1. The van der Waals surface area contributed by atoms with Gasteiger partial charge in [-0.1, -0.05) is 37.2 Å². The van der Waals surface area contributed by atoms with Gasteiger partial charge < -0.3 is 24.6 Å². The second kappa shape index (κ2) is 11.7. The number of nitrogens with one attached hydrogen (secondary N) is 1. The molecule has 0 spiro atoms. The molecule has 1 aromatic carbocycles. The van der Waals surface area contributed by atoms with E-state index in [1.165, 1.54) is 11.1 Å².